The Morgan fingerprint density at radius 1 is 1.14 bits per heavy atom. The number of aromatic amines is 1. The van der Waals surface area contributed by atoms with Crippen molar-refractivity contribution in [1.82, 2.24) is 4.98 Å². The minimum atomic E-state index is 0. The van der Waals surface area contributed by atoms with Crippen molar-refractivity contribution < 1.29 is 0 Å². The van der Waals surface area contributed by atoms with Crippen LogP contribution in [0, 0.1) is 0 Å². The number of halogens is 1. The number of benzene rings is 1. The molecular weight excluding hydrogens is 196 g/mol. The molecule has 2 nitrogen and oxygen atoms in total. The fourth-order valence-corrected chi connectivity index (χ4v) is 1.73. The Morgan fingerprint density at radius 3 is 3.00 bits per heavy atom. The molecule has 3 rings (SSSR count). The highest BCUT2D eigenvalue weighted by molar-refractivity contribution is 6.04. The Balaban J connectivity index is 0.000000750. The van der Waals surface area contributed by atoms with E-state index in [0.717, 1.165) is 0 Å². The van der Waals surface area contributed by atoms with Crippen LogP contribution in [0.15, 0.2) is 35.6 Å². The molecule has 2 aromatic rings. The van der Waals surface area contributed by atoms with E-state index in [1.165, 1.54) is 22.0 Å². The van der Waals surface area contributed by atoms with Gasteiger partial charge in [0.1, 0.15) is 0 Å². The number of nitrogens with one attached hydrogen (secondary N) is 1. The zero-order chi connectivity index (χ0) is 8.67. The van der Waals surface area contributed by atoms with E-state index in [-0.39, 0.29) is 12.4 Å². The van der Waals surface area contributed by atoms with Gasteiger partial charge in [-0.05, 0) is 12.1 Å². The molecule has 0 bridgehead atoms. The third kappa shape index (κ3) is 1.16. The van der Waals surface area contributed by atoms with Gasteiger partial charge < -0.3 is 4.98 Å². The van der Waals surface area contributed by atoms with Gasteiger partial charge in [-0.3, -0.25) is 4.99 Å². The van der Waals surface area contributed by atoms with Crippen LogP contribution >= 0.6 is 12.4 Å². The molecule has 0 unspecified atom stereocenters. The maximum absolute atomic E-state index is 4.16. The van der Waals surface area contributed by atoms with Crippen LogP contribution in [0.3, 0.4) is 0 Å². The zero-order valence-corrected chi connectivity index (χ0v) is 8.21. The summed E-state index contributed by atoms with van der Waals surface area (Å²) in [6.07, 6.45) is 7.75. The van der Waals surface area contributed by atoms with Crippen LogP contribution in [-0.4, -0.2) is 11.2 Å². The maximum atomic E-state index is 4.16. The summed E-state index contributed by atoms with van der Waals surface area (Å²) in [5, 5.41) is 1.26. The van der Waals surface area contributed by atoms with Gasteiger partial charge in [0.2, 0.25) is 0 Å². The fraction of sp³-hybridized carbons (Fsp3) is 0. The first-order valence-electron chi connectivity index (χ1n) is 4.25. The van der Waals surface area contributed by atoms with E-state index in [2.05, 4.69) is 22.1 Å². The van der Waals surface area contributed by atoms with Crippen molar-refractivity contribution in [2.75, 3.05) is 0 Å². The number of H-pyrrole nitrogens is 1. The lowest BCUT2D eigenvalue weighted by Crippen LogP contribution is -1.80. The molecule has 0 aliphatic carbocycles. The Morgan fingerprint density at radius 2 is 2.07 bits per heavy atom. The number of nitrogens with zero attached hydrogens (tertiary/aromatic N) is 1. The minimum Gasteiger partial charge on any atom is -0.361 e. The highest BCUT2D eigenvalue weighted by Crippen LogP contribution is 2.24. The number of hydrogen-bond acceptors (Lipinski definition) is 1. The lowest BCUT2D eigenvalue weighted by atomic mass is 10.1. The smallest absolute Gasteiger partial charge is 0.0466 e. The second-order valence-corrected chi connectivity index (χ2v) is 3.11. The van der Waals surface area contributed by atoms with Crippen LogP contribution in [0.2, 0.25) is 0 Å². The molecule has 0 amide bonds. The summed E-state index contributed by atoms with van der Waals surface area (Å²) >= 11 is 0. The molecule has 0 atom stereocenters. The van der Waals surface area contributed by atoms with Gasteiger partial charge in [0, 0.05) is 40.6 Å². The van der Waals surface area contributed by atoms with Crippen LogP contribution in [0.25, 0.3) is 17.0 Å². The summed E-state index contributed by atoms with van der Waals surface area (Å²) in [4.78, 5) is 7.40. The summed E-state index contributed by atoms with van der Waals surface area (Å²) in [6, 6.07) is 6.20. The second-order valence-electron chi connectivity index (χ2n) is 3.11. The molecule has 3 heteroatoms. The summed E-state index contributed by atoms with van der Waals surface area (Å²) in [5.74, 6) is 0. The van der Waals surface area contributed by atoms with Crippen molar-refractivity contribution in [2.45, 2.75) is 0 Å². The van der Waals surface area contributed by atoms with Gasteiger partial charge >= 0.3 is 0 Å². The predicted molar refractivity (Wildman–Crippen MR) is 62.2 cm³/mol. The van der Waals surface area contributed by atoms with E-state index in [0.29, 0.717) is 0 Å². The first kappa shape index (κ1) is 9.03. The van der Waals surface area contributed by atoms with Crippen LogP contribution < -0.4 is 0 Å². The molecule has 0 saturated heterocycles. The average molecular weight is 205 g/mol. The number of aliphatic imine (C=N–C) groups is 1. The van der Waals surface area contributed by atoms with Gasteiger partial charge in [0.25, 0.3) is 0 Å². The van der Waals surface area contributed by atoms with E-state index in [4.69, 9.17) is 0 Å². The van der Waals surface area contributed by atoms with E-state index in [9.17, 15) is 0 Å². The Bertz CT molecular complexity index is 523. The molecule has 14 heavy (non-hydrogen) atoms. The zero-order valence-electron chi connectivity index (χ0n) is 7.40. The second kappa shape index (κ2) is 3.31. The summed E-state index contributed by atoms with van der Waals surface area (Å²) in [6.45, 7) is 0. The van der Waals surface area contributed by atoms with Crippen molar-refractivity contribution >= 4 is 35.6 Å². The molecule has 0 saturated carbocycles. The molecule has 1 aliphatic rings. The van der Waals surface area contributed by atoms with Crippen LogP contribution in [0.5, 0.6) is 0 Å². The standard InChI is InChI=1S/C11H8N2.ClH/c1-2-8-6-12-5-4-9-7-13-10(3-1)11(8)9;/h1-7,13H;1H. The van der Waals surface area contributed by atoms with E-state index >= 15 is 0 Å². The van der Waals surface area contributed by atoms with Crippen molar-refractivity contribution in [3.8, 4) is 0 Å². The SMILES string of the molecule is C1=Cc2c[nH]c3cccc(c23)C=N1.Cl. The lowest BCUT2D eigenvalue weighted by Gasteiger charge is -1.95. The third-order valence-corrected chi connectivity index (χ3v) is 2.32. The third-order valence-electron chi connectivity index (χ3n) is 2.32. The lowest BCUT2D eigenvalue weighted by molar-refractivity contribution is 1.47. The Labute approximate surface area is 87.8 Å². The number of hydrogen-bond donors (Lipinski definition) is 1. The average Bonchev–Trinajstić information content (AvgIpc) is 2.44. The summed E-state index contributed by atoms with van der Waals surface area (Å²) < 4.78 is 0. The van der Waals surface area contributed by atoms with Crippen LogP contribution in [-0.2, 0) is 0 Å². The van der Waals surface area contributed by atoms with Crippen molar-refractivity contribution in [1.29, 1.82) is 0 Å². The molecule has 0 spiro atoms. The highest BCUT2D eigenvalue weighted by atomic mass is 35.5. The van der Waals surface area contributed by atoms with Gasteiger partial charge in [-0.2, -0.15) is 0 Å². The molecule has 1 aliphatic heterocycles. The number of rotatable bonds is 0. The predicted octanol–water partition coefficient (Wildman–Crippen LogP) is 2.99. The van der Waals surface area contributed by atoms with E-state index in [1.54, 1.807) is 0 Å². The molecule has 0 radical (unpaired) electrons. The summed E-state index contributed by atoms with van der Waals surface area (Å²) in [5.41, 5.74) is 3.56. The van der Waals surface area contributed by atoms with Gasteiger partial charge in [-0.25, -0.2) is 0 Å². The molecule has 1 N–H and O–H groups in total. The molecule has 1 aromatic heterocycles. The molecule has 0 fully saturated rings. The highest BCUT2D eigenvalue weighted by Gasteiger charge is 2.05. The monoisotopic (exact) mass is 204 g/mol. The van der Waals surface area contributed by atoms with E-state index in [1.807, 2.05) is 30.8 Å². The Kier molecular flexibility index (Phi) is 2.14. The topological polar surface area (TPSA) is 28.1 Å². The van der Waals surface area contributed by atoms with Gasteiger partial charge in [0.15, 0.2) is 0 Å². The molecule has 2 heterocycles. The molecular formula is C11H9ClN2. The van der Waals surface area contributed by atoms with Crippen molar-refractivity contribution in [2.24, 2.45) is 4.99 Å². The van der Waals surface area contributed by atoms with Crippen LogP contribution in [0.4, 0.5) is 0 Å². The normalized spacial score (nSPS) is 12.6. The Hall–Kier alpha value is -1.54. The maximum Gasteiger partial charge on any atom is 0.0466 e. The first-order valence-corrected chi connectivity index (χ1v) is 4.25. The van der Waals surface area contributed by atoms with Crippen molar-refractivity contribution in [3.63, 3.8) is 0 Å². The van der Waals surface area contributed by atoms with Gasteiger partial charge in [-0.15, -0.1) is 12.4 Å². The van der Waals surface area contributed by atoms with Gasteiger partial charge in [-0.1, -0.05) is 12.1 Å². The molecule has 1 aromatic carbocycles. The van der Waals surface area contributed by atoms with Crippen LogP contribution in [0.1, 0.15) is 11.1 Å². The first-order chi connectivity index (χ1) is 6.45. The fourth-order valence-electron chi connectivity index (χ4n) is 1.73. The van der Waals surface area contributed by atoms with Gasteiger partial charge in [0.05, 0.1) is 0 Å². The quantitative estimate of drug-likeness (QED) is 0.684. The number of aromatic nitrogens is 1. The summed E-state index contributed by atoms with van der Waals surface area (Å²) in [7, 11) is 0. The largest absolute Gasteiger partial charge is 0.361 e. The molecule has 70 valence electrons. The minimum absolute atomic E-state index is 0. The van der Waals surface area contributed by atoms with E-state index < -0.39 is 0 Å². The van der Waals surface area contributed by atoms with Crippen molar-refractivity contribution in [3.05, 3.63) is 41.7 Å².